The highest BCUT2D eigenvalue weighted by molar-refractivity contribution is 9.10. The maximum Gasteiger partial charge on any atom is 0.152 e. The minimum absolute atomic E-state index is 0.153. The zero-order valence-corrected chi connectivity index (χ0v) is 14.0. The molecule has 20 heavy (non-hydrogen) atoms. The zero-order chi connectivity index (χ0) is 14.7. The first kappa shape index (κ1) is 15.1. The van der Waals surface area contributed by atoms with E-state index in [-0.39, 0.29) is 6.04 Å². The van der Waals surface area contributed by atoms with E-state index < -0.39 is 0 Å². The molecule has 1 atom stereocenters. The number of rotatable bonds is 4. The summed E-state index contributed by atoms with van der Waals surface area (Å²) in [7, 11) is 4.06. The summed E-state index contributed by atoms with van der Waals surface area (Å²) in [4.78, 5) is 6.19. The molecule has 2 rings (SSSR count). The van der Waals surface area contributed by atoms with Gasteiger partial charge < -0.3 is 10.2 Å². The average Bonchev–Trinajstić information content (AvgIpc) is 2.43. The number of pyridine rings is 1. The number of aromatic nitrogens is 1. The van der Waals surface area contributed by atoms with E-state index in [1.165, 1.54) is 11.3 Å². The van der Waals surface area contributed by atoms with Gasteiger partial charge in [0.2, 0.25) is 0 Å². The fourth-order valence-corrected chi connectivity index (χ4v) is 2.39. The number of hydrogen-bond acceptors (Lipinski definition) is 3. The molecule has 0 radical (unpaired) electrons. The molecule has 0 saturated heterocycles. The standard InChI is InChI=1S/C15H17BrClN3/c1-10(11-4-6-13(7-5-11)20(2)3)19-14-8-12(16)9-18-15(14)17/h4-10,19H,1-3H3. The monoisotopic (exact) mass is 353 g/mol. The molecule has 0 bridgehead atoms. The molecule has 1 aromatic heterocycles. The molecule has 0 amide bonds. The summed E-state index contributed by atoms with van der Waals surface area (Å²) < 4.78 is 0.902. The fraction of sp³-hybridized carbons (Fsp3) is 0.267. The Bertz CT molecular complexity index is 584. The van der Waals surface area contributed by atoms with Gasteiger partial charge in [-0.15, -0.1) is 0 Å². The third kappa shape index (κ3) is 3.64. The van der Waals surface area contributed by atoms with E-state index in [0.29, 0.717) is 5.15 Å². The van der Waals surface area contributed by atoms with Gasteiger partial charge in [-0.1, -0.05) is 23.7 Å². The highest BCUT2D eigenvalue weighted by Crippen LogP contribution is 2.27. The van der Waals surface area contributed by atoms with E-state index in [1.807, 2.05) is 20.2 Å². The third-order valence-corrected chi connectivity index (χ3v) is 3.82. The molecular formula is C15H17BrClN3. The minimum Gasteiger partial charge on any atom is -0.378 e. The van der Waals surface area contributed by atoms with Crippen molar-refractivity contribution in [3.05, 3.63) is 51.7 Å². The zero-order valence-electron chi connectivity index (χ0n) is 11.7. The molecule has 1 N–H and O–H groups in total. The molecule has 1 heterocycles. The van der Waals surface area contributed by atoms with Gasteiger partial charge in [-0.3, -0.25) is 0 Å². The SMILES string of the molecule is CC(Nc1cc(Br)cnc1Cl)c1ccc(N(C)C)cc1. The lowest BCUT2D eigenvalue weighted by molar-refractivity contribution is 0.882. The topological polar surface area (TPSA) is 28.2 Å². The maximum atomic E-state index is 6.09. The molecule has 0 fully saturated rings. The molecule has 0 aliphatic carbocycles. The van der Waals surface area contributed by atoms with Crippen LogP contribution in [0.1, 0.15) is 18.5 Å². The van der Waals surface area contributed by atoms with Crippen LogP contribution in [0.25, 0.3) is 0 Å². The summed E-state index contributed by atoms with van der Waals surface area (Å²) in [6, 6.07) is 10.5. The third-order valence-electron chi connectivity index (χ3n) is 3.09. The van der Waals surface area contributed by atoms with Crippen molar-refractivity contribution in [1.29, 1.82) is 0 Å². The van der Waals surface area contributed by atoms with E-state index in [4.69, 9.17) is 11.6 Å². The summed E-state index contributed by atoms with van der Waals surface area (Å²) in [5, 5.41) is 3.85. The van der Waals surface area contributed by atoms with Crippen molar-refractivity contribution in [3.63, 3.8) is 0 Å². The summed E-state index contributed by atoms with van der Waals surface area (Å²) in [5.41, 5.74) is 3.21. The van der Waals surface area contributed by atoms with Crippen molar-refractivity contribution in [2.24, 2.45) is 0 Å². The second-order valence-electron chi connectivity index (χ2n) is 4.84. The Hall–Kier alpha value is -1.26. The molecule has 0 aliphatic heterocycles. The number of anilines is 2. The normalized spacial score (nSPS) is 12.1. The van der Waals surface area contributed by atoms with Gasteiger partial charge in [-0.25, -0.2) is 4.98 Å². The van der Waals surface area contributed by atoms with Gasteiger partial charge in [-0.05, 0) is 46.6 Å². The molecular weight excluding hydrogens is 338 g/mol. The molecule has 106 valence electrons. The van der Waals surface area contributed by atoms with E-state index >= 15 is 0 Å². The van der Waals surface area contributed by atoms with Crippen molar-refractivity contribution in [3.8, 4) is 0 Å². The van der Waals surface area contributed by atoms with E-state index in [9.17, 15) is 0 Å². The molecule has 0 aliphatic rings. The quantitative estimate of drug-likeness (QED) is 0.804. The van der Waals surface area contributed by atoms with Gasteiger partial charge in [0.1, 0.15) is 0 Å². The van der Waals surface area contributed by atoms with Crippen molar-refractivity contribution in [2.45, 2.75) is 13.0 Å². The maximum absolute atomic E-state index is 6.09. The van der Waals surface area contributed by atoms with Gasteiger partial charge >= 0.3 is 0 Å². The predicted molar refractivity (Wildman–Crippen MR) is 89.8 cm³/mol. The van der Waals surface area contributed by atoms with E-state index in [2.05, 4.69) is 62.3 Å². The lowest BCUT2D eigenvalue weighted by Crippen LogP contribution is -2.10. The van der Waals surface area contributed by atoms with Crippen molar-refractivity contribution in [1.82, 2.24) is 4.98 Å². The smallest absolute Gasteiger partial charge is 0.152 e. The Morgan fingerprint density at radius 2 is 1.90 bits per heavy atom. The highest BCUT2D eigenvalue weighted by Gasteiger charge is 2.09. The molecule has 5 heteroatoms. The highest BCUT2D eigenvalue weighted by atomic mass is 79.9. The van der Waals surface area contributed by atoms with Gasteiger partial charge in [0.25, 0.3) is 0 Å². The molecule has 1 aromatic carbocycles. The number of halogens is 2. The predicted octanol–water partition coefficient (Wildman–Crippen LogP) is 4.74. The van der Waals surface area contributed by atoms with E-state index in [0.717, 1.165) is 10.2 Å². The van der Waals surface area contributed by atoms with Gasteiger partial charge in [-0.2, -0.15) is 0 Å². The van der Waals surface area contributed by atoms with Crippen LogP contribution in [-0.4, -0.2) is 19.1 Å². The molecule has 2 aromatic rings. The van der Waals surface area contributed by atoms with E-state index in [1.54, 1.807) is 6.20 Å². The Morgan fingerprint density at radius 3 is 2.50 bits per heavy atom. The van der Waals surface area contributed by atoms with Crippen molar-refractivity contribution < 1.29 is 0 Å². The van der Waals surface area contributed by atoms with Crippen LogP contribution in [0.5, 0.6) is 0 Å². The molecule has 3 nitrogen and oxygen atoms in total. The Labute approximate surface area is 133 Å². The molecule has 0 spiro atoms. The van der Waals surface area contributed by atoms with Crippen LogP contribution in [-0.2, 0) is 0 Å². The largest absolute Gasteiger partial charge is 0.378 e. The van der Waals surface area contributed by atoms with Gasteiger partial charge in [0.15, 0.2) is 5.15 Å². The number of nitrogens with zero attached hydrogens (tertiary/aromatic N) is 2. The first-order valence-corrected chi connectivity index (χ1v) is 7.49. The number of hydrogen-bond donors (Lipinski definition) is 1. The first-order chi connectivity index (χ1) is 9.47. The Balaban J connectivity index is 2.15. The first-order valence-electron chi connectivity index (χ1n) is 6.32. The Morgan fingerprint density at radius 1 is 1.25 bits per heavy atom. The van der Waals surface area contributed by atoms with Crippen LogP contribution < -0.4 is 10.2 Å². The van der Waals surface area contributed by atoms with Gasteiger partial charge in [0.05, 0.1) is 5.69 Å². The lowest BCUT2D eigenvalue weighted by atomic mass is 10.1. The van der Waals surface area contributed by atoms with Crippen LogP contribution in [0.15, 0.2) is 41.0 Å². The molecule has 1 unspecified atom stereocenters. The second-order valence-corrected chi connectivity index (χ2v) is 6.12. The van der Waals surface area contributed by atoms with Crippen LogP contribution in [0.2, 0.25) is 5.15 Å². The van der Waals surface area contributed by atoms with Crippen LogP contribution in [0.4, 0.5) is 11.4 Å². The summed E-state index contributed by atoms with van der Waals surface area (Å²) in [5.74, 6) is 0. The van der Waals surface area contributed by atoms with Crippen LogP contribution >= 0.6 is 27.5 Å². The second kappa shape index (κ2) is 6.46. The van der Waals surface area contributed by atoms with Gasteiger partial charge in [0, 0.05) is 36.5 Å². The molecule has 0 saturated carbocycles. The number of benzene rings is 1. The summed E-state index contributed by atoms with van der Waals surface area (Å²) >= 11 is 9.49. The van der Waals surface area contributed by atoms with Crippen LogP contribution in [0, 0.1) is 0 Å². The summed E-state index contributed by atoms with van der Waals surface area (Å²) in [6.45, 7) is 2.10. The minimum atomic E-state index is 0.153. The Kier molecular flexibility index (Phi) is 4.89. The number of nitrogens with one attached hydrogen (secondary N) is 1. The average molecular weight is 355 g/mol. The van der Waals surface area contributed by atoms with Crippen LogP contribution in [0.3, 0.4) is 0 Å². The van der Waals surface area contributed by atoms with Crippen molar-refractivity contribution >= 4 is 38.9 Å². The van der Waals surface area contributed by atoms with Crippen molar-refractivity contribution in [2.75, 3.05) is 24.3 Å². The summed E-state index contributed by atoms with van der Waals surface area (Å²) in [6.07, 6.45) is 1.68. The fourth-order valence-electron chi connectivity index (χ4n) is 1.90. The lowest BCUT2D eigenvalue weighted by Gasteiger charge is -2.18.